The third-order valence-electron chi connectivity index (χ3n) is 2.04. The lowest BCUT2D eigenvalue weighted by atomic mass is 10.2. The van der Waals surface area contributed by atoms with Gasteiger partial charge in [-0.3, -0.25) is 4.79 Å². The molecule has 1 heterocycles. The lowest BCUT2D eigenvalue weighted by Crippen LogP contribution is -2.13. The predicted octanol–water partition coefficient (Wildman–Crippen LogP) is 1.04. The number of carboxylic acid groups (broad SMARTS) is 1. The minimum Gasteiger partial charge on any atom is -0.477 e. The number of aryl methyl sites for hydroxylation is 1. The SMILES string of the molecule is CCn1cc(C#N)c(NC(C)=O)c1C(=O)O. The monoisotopic (exact) mass is 221 g/mol. The van der Waals surface area contributed by atoms with E-state index in [1.54, 1.807) is 6.92 Å². The largest absolute Gasteiger partial charge is 0.477 e. The van der Waals surface area contributed by atoms with Gasteiger partial charge in [-0.15, -0.1) is 0 Å². The highest BCUT2D eigenvalue weighted by molar-refractivity contribution is 6.00. The fraction of sp³-hybridized carbons (Fsp3) is 0.300. The smallest absolute Gasteiger partial charge is 0.354 e. The number of nitrogens with one attached hydrogen (secondary N) is 1. The van der Waals surface area contributed by atoms with Gasteiger partial charge < -0.3 is 15.0 Å². The summed E-state index contributed by atoms with van der Waals surface area (Å²) in [6, 6.07) is 1.85. The molecule has 0 aliphatic rings. The van der Waals surface area contributed by atoms with E-state index >= 15 is 0 Å². The summed E-state index contributed by atoms with van der Waals surface area (Å²) in [6.45, 7) is 3.43. The number of hydrogen-bond acceptors (Lipinski definition) is 3. The number of nitriles is 1. The summed E-state index contributed by atoms with van der Waals surface area (Å²) in [5.74, 6) is -1.58. The topological polar surface area (TPSA) is 95.1 Å². The zero-order valence-corrected chi connectivity index (χ0v) is 8.94. The number of anilines is 1. The van der Waals surface area contributed by atoms with Crippen molar-refractivity contribution in [2.45, 2.75) is 20.4 Å². The Morgan fingerprint density at radius 1 is 1.62 bits per heavy atom. The fourth-order valence-corrected chi connectivity index (χ4v) is 1.42. The lowest BCUT2D eigenvalue weighted by Gasteiger charge is -2.04. The van der Waals surface area contributed by atoms with Crippen molar-refractivity contribution in [2.75, 3.05) is 5.32 Å². The normalized spacial score (nSPS) is 9.56. The van der Waals surface area contributed by atoms with Crippen LogP contribution in [0.25, 0.3) is 0 Å². The van der Waals surface area contributed by atoms with Gasteiger partial charge in [-0.25, -0.2) is 4.79 Å². The van der Waals surface area contributed by atoms with E-state index in [4.69, 9.17) is 10.4 Å². The third-order valence-corrected chi connectivity index (χ3v) is 2.04. The van der Waals surface area contributed by atoms with Gasteiger partial charge in [0.05, 0.1) is 11.3 Å². The number of nitrogens with zero attached hydrogens (tertiary/aromatic N) is 2. The summed E-state index contributed by atoms with van der Waals surface area (Å²) < 4.78 is 1.41. The Morgan fingerprint density at radius 2 is 2.25 bits per heavy atom. The maximum Gasteiger partial charge on any atom is 0.354 e. The Bertz CT molecular complexity index is 482. The van der Waals surface area contributed by atoms with E-state index in [0.717, 1.165) is 0 Å². The van der Waals surface area contributed by atoms with Crippen LogP contribution in [0, 0.1) is 11.3 Å². The molecule has 84 valence electrons. The quantitative estimate of drug-likeness (QED) is 0.797. The summed E-state index contributed by atoms with van der Waals surface area (Å²) >= 11 is 0. The van der Waals surface area contributed by atoms with E-state index in [1.165, 1.54) is 17.7 Å². The Labute approximate surface area is 92.1 Å². The summed E-state index contributed by atoms with van der Waals surface area (Å²) in [4.78, 5) is 22.0. The second-order valence-electron chi connectivity index (χ2n) is 3.15. The van der Waals surface area contributed by atoms with Gasteiger partial charge in [-0.1, -0.05) is 0 Å². The molecule has 0 bridgehead atoms. The van der Waals surface area contributed by atoms with Crippen LogP contribution in [-0.4, -0.2) is 21.6 Å². The Morgan fingerprint density at radius 3 is 2.62 bits per heavy atom. The average molecular weight is 221 g/mol. The molecule has 0 aromatic carbocycles. The van der Waals surface area contributed by atoms with Crippen molar-refractivity contribution in [3.8, 4) is 6.07 Å². The van der Waals surface area contributed by atoms with E-state index in [9.17, 15) is 9.59 Å². The van der Waals surface area contributed by atoms with Crippen molar-refractivity contribution in [2.24, 2.45) is 0 Å². The van der Waals surface area contributed by atoms with Gasteiger partial charge in [0.25, 0.3) is 0 Å². The van der Waals surface area contributed by atoms with Crippen LogP contribution in [0.5, 0.6) is 0 Å². The van der Waals surface area contributed by atoms with Gasteiger partial charge >= 0.3 is 5.97 Å². The maximum atomic E-state index is 11.0. The zero-order chi connectivity index (χ0) is 12.3. The molecule has 0 spiro atoms. The molecule has 1 amide bonds. The molecule has 1 aromatic rings. The van der Waals surface area contributed by atoms with Crippen molar-refractivity contribution >= 4 is 17.6 Å². The van der Waals surface area contributed by atoms with Gasteiger partial charge in [0.15, 0.2) is 5.69 Å². The van der Waals surface area contributed by atoms with Crippen molar-refractivity contribution in [1.29, 1.82) is 5.26 Å². The standard InChI is InChI=1S/C10H11N3O3/c1-3-13-5-7(4-11)8(12-6(2)14)9(13)10(15)16/h5H,3H2,1-2H3,(H,12,14)(H,15,16). The first-order valence-corrected chi connectivity index (χ1v) is 4.65. The Kier molecular flexibility index (Phi) is 3.30. The molecule has 0 fully saturated rings. The minimum atomic E-state index is -1.17. The van der Waals surface area contributed by atoms with Gasteiger partial charge in [-0.05, 0) is 6.92 Å². The number of aromatic carboxylic acids is 1. The number of rotatable bonds is 3. The fourth-order valence-electron chi connectivity index (χ4n) is 1.42. The maximum absolute atomic E-state index is 11.0. The molecule has 0 saturated carbocycles. The van der Waals surface area contributed by atoms with Crippen molar-refractivity contribution in [1.82, 2.24) is 4.57 Å². The first-order valence-electron chi connectivity index (χ1n) is 4.65. The Balaban J connectivity index is 3.41. The van der Waals surface area contributed by atoms with Gasteiger partial charge in [0.2, 0.25) is 5.91 Å². The van der Waals surface area contributed by atoms with Crippen LogP contribution >= 0.6 is 0 Å². The van der Waals surface area contributed by atoms with Crippen molar-refractivity contribution in [3.05, 3.63) is 17.5 Å². The van der Waals surface area contributed by atoms with Gasteiger partial charge in [-0.2, -0.15) is 5.26 Å². The molecule has 0 radical (unpaired) electrons. The Hall–Kier alpha value is -2.29. The molecule has 0 unspecified atom stereocenters. The van der Waals surface area contributed by atoms with E-state index in [-0.39, 0.29) is 16.9 Å². The van der Waals surface area contributed by atoms with E-state index in [1.807, 2.05) is 6.07 Å². The second-order valence-corrected chi connectivity index (χ2v) is 3.15. The highest BCUT2D eigenvalue weighted by atomic mass is 16.4. The lowest BCUT2D eigenvalue weighted by molar-refractivity contribution is -0.114. The summed E-state index contributed by atoms with van der Waals surface area (Å²) in [6.07, 6.45) is 1.41. The predicted molar refractivity (Wildman–Crippen MR) is 56.1 cm³/mol. The van der Waals surface area contributed by atoms with Crippen LogP contribution in [0.2, 0.25) is 0 Å². The van der Waals surface area contributed by atoms with Gasteiger partial charge in [0.1, 0.15) is 6.07 Å². The van der Waals surface area contributed by atoms with Crippen molar-refractivity contribution in [3.63, 3.8) is 0 Å². The summed E-state index contributed by atoms with van der Waals surface area (Å²) in [5, 5.41) is 20.2. The molecule has 1 rings (SSSR count). The number of carboxylic acids is 1. The van der Waals surface area contributed by atoms with E-state index in [0.29, 0.717) is 6.54 Å². The third kappa shape index (κ3) is 2.03. The molecule has 0 atom stereocenters. The molecule has 16 heavy (non-hydrogen) atoms. The molecule has 6 heteroatoms. The molecule has 2 N–H and O–H groups in total. The second kappa shape index (κ2) is 4.49. The summed E-state index contributed by atoms with van der Waals surface area (Å²) in [5.41, 5.74) is 0.132. The molecule has 1 aromatic heterocycles. The number of carbonyl (C=O) groups is 2. The number of aromatic nitrogens is 1. The molecular weight excluding hydrogens is 210 g/mol. The molecule has 0 aliphatic heterocycles. The van der Waals surface area contributed by atoms with E-state index < -0.39 is 11.9 Å². The van der Waals surface area contributed by atoms with Crippen molar-refractivity contribution < 1.29 is 14.7 Å². The summed E-state index contributed by atoms with van der Waals surface area (Å²) in [7, 11) is 0. The van der Waals surface area contributed by atoms with Crippen LogP contribution in [-0.2, 0) is 11.3 Å². The average Bonchev–Trinajstić information content (AvgIpc) is 2.54. The minimum absolute atomic E-state index is 0.0596. The number of hydrogen-bond donors (Lipinski definition) is 2. The molecule has 0 saturated heterocycles. The molecular formula is C10H11N3O3. The van der Waals surface area contributed by atoms with Gasteiger partial charge in [0, 0.05) is 19.7 Å². The highest BCUT2D eigenvalue weighted by Crippen LogP contribution is 2.23. The highest BCUT2D eigenvalue weighted by Gasteiger charge is 2.21. The van der Waals surface area contributed by atoms with Crippen LogP contribution in [0.15, 0.2) is 6.20 Å². The first kappa shape index (κ1) is 11.8. The van der Waals surface area contributed by atoms with E-state index in [2.05, 4.69) is 5.32 Å². The molecule has 6 nitrogen and oxygen atoms in total. The van der Waals surface area contributed by atoms with Crippen LogP contribution in [0.4, 0.5) is 5.69 Å². The van der Waals surface area contributed by atoms with Crippen LogP contribution in [0.3, 0.4) is 0 Å². The first-order chi connectivity index (χ1) is 7.51. The zero-order valence-electron chi connectivity index (χ0n) is 8.94. The van der Waals surface area contributed by atoms with Crippen LogP contribution in [0.1, 0.15) is 29.9 Å². The molecule has 0 aliphatic carbocycles. The van der Waals surface area contributed by atoms with Crippen LogP contribution < -0.4 is 5.32 Å². The number of amides is 1. The number of carbonyl (C=O) groups excluding carboxylic acids is 1.